The molecule has 0 aromatic heterocycles. The van der Waals surface area contributed by atoms with Gasteiger partial charge in [0.05, 0.1) is 19.1 Å². The third-order valence-corrected chi connectivity index (χ3v) is 10.7. The normalized spacial score (nSPS) is 26.1. The molecular formula is C28H44N4O5S. The maximum absolute atomic E-state index is 13.3. The number of nitrogens with zero attached hydrogens (tertiary/aromatic N) is 3. The van der Waals surface area contributed by atoms with E-state index < -0.39 is 16.0 Å². The Morgan fingerprint density at radius 1 is 0.947 bits per heavy atom. The monoisotopic (exact) mass is 548 g/mol. The van der Waals surface area contributed by atoms with E-state index in [4.69, 9.17) is 9.47 Å². The highest BCUT2D eigenvalue weighted by atomic mass is 32.2. The predicted molar refractivity (Wildman–Crippen MR) is 146 cm³/mol. The largest absolute Gasteiger partial charge is 0.356 e. The number of likely N-dealkylation sites (tertiary alicyclic amines) is 1. The fourth-order valence-corrected chi connectivity index (χ4v) is 8.09. The van der Waals surface area contributed by atoms with Crippen LogP contribution in [-0.4, -0.2) is 99.2 Å². The van der Waals surface area contributed by atoms with E-state index in [9.17, 15) is 13.2 Å². The number of hydrogen-bond acceptors (Lipinski definition) is 6. The minimum Gasteiger partial charge on any atom is -0.356 e. The Morgan fingerprint density at radius 3 is 2.37 bits per heavy atom. The molecule has 4 aliphatic rings. The van der Waals surface area contributed by atoms with Gasteiger partial charge >= 0.3 is 0 Å². The SMILES string of the molecule is O=C(NCCCN1CCC(Cc2ccccc2)CC1)[C@H]1CCCN(S(=O)(=O)N2CCC3(CC2)OCCO3)C1. The second-order valence-corrected chi connectivity index (χ2v) is 13.3. The molecule has 4 fully saturated rings. The molecule has 212 valence electrons. The van der Waals surface area contributed by atoms with Crippen molar-refractivity contribution in [2.75, 3.05) is 65.6 Å². The Morgan fingerprint density at radius 2 is 1.66 bits per heavy atom. The van der Waals surface area contributed by atoms with Crippen LogP contribution in [0.15, 0.2) is 30.3 Å². The molecular weight excluding hydrogens is 504 g/mol. The van der Waals surface area contributed by atoms with Crippen LogP contribution >= 0.6 is 0 Å². The maximum atomic E-state index is 13.3. The maximum Gasteiger partial charge on any atom is 0.282 e. The van der Waals surface area contributed by atoms with Crippen molar-refractivity contribution in [3.63, 3.8) is 0 Å². The zero-order valence-corrected chi connectivity index (χ0v) is 23.4. The third kappa shape index (κ3) is 6.95. The summed E-state index contributed by atoms with van der Waals surface area (Å²) in [6.45, 7) is 6.53. The van der Waals surface area contributed by atoms with Crippen LogP contribution in [0.5, 0.6) is 0 Å². The molecule has 1 aromatic carbocycles. The summed E-state index contributed by atoms with van der Waals surface area (Å²) in [5, 5.41) is 3.08. The molecule has 9 nitrogen and oxygen atoms in total. The van der Waals surface area contributed by atoms with Gasteiger partial charge in [-0.1, -0.05) is 30.3 Å². The van der Waals surface area contributed by atoms with Crippen molar-refractivity contribution in [2.45, 2.75) is 57.2 Å². The Balaban J connectivity index is 0.994. The molecule has 0 radical (unpaired) electrons. The Labute approximate surface area is 228 Å². The minimum absolute atomic E-state index is 0.0168. The lowest BCUT2D eigenvalue weighted by molar-refractivity contribution is -0.179. The number of benzene rings is 1. The number of nitrogens with one attached hydrogen (secondary N) is 1. The summed E-state index contributed by atoms with van der Waals surface area (Å²) in [5.41, 5.74) is 1.43. The van der Waals surface area contributed by atoms with E-state index in [1.54, 1.807) is 0 Å². The van der Waals surface area contributed by atoms with Crippen LogP contribution < -0.4 is 5.32 Å². The molecule has 0 aliphatic carbocycles. The standard InChI is InChI=1S/C28H44N4O5S/c33-27(29-13-5-14-30-16-9-25(10-17-30)22-24-6-2-1-3-7-24)26-8-4-15-32(23-26)38(34,35)31-18-11-28(12-19-31)36-20-21-37-28/h1-3,6-7,25-26H,4-5,8-23H2,(H,29,33)/t26-/m0/s1. The van der Waals surface area contributed by atoms with Gasteiger partial charge in [-0.15, -0.1) is 0 Å². The van der Waals surface area contributed by atoms with E-state index in [0.717, 1.165) is 38.4 Å². The molecule has 4 heterocycles. The second kappa shape index (κ2) is 12.7. The van der Waals surface area contributed by atoms with Gasteiger partial charge in [0.2, 0.25) is 5.91 Å². The van der Waals surface area contributed by atoms with E-state index in [1.165, 1.54) is 33.4 Å². The van der Waals surface area contributed by atoms with Crippen molar-refractivity contribution in [3.05, 3.63) is 35.9 Å². The third-order valence-electron chi connectivity index (χ3n) is 8.73. The first kappa shape index (κ1) is 28.0. The lowest BCUT2D eigenvalue weighted by Gasteiger charge is -2.40. The molecule has 1 atom stereocenters. The first-order chi connectivity index (χ1) is 18.4. The summed E-state index contributed by atoms with van der Waals surface area (Å²) < 4.78 is 41.1. The predicted octanol–water partition coefficient (Wildman–Crippen LogP) is 2.24. The molecule has 1 spiro atoms. The van der Waals surface area contributed by atoms with Gasteiger partial charge in [0, 0.05) is 45.6 Å². The summed E-state index contributed by atoms with van der Waals surface area (Å²) in [7, 11) is -3.59. The Bertz CT molecular complexity index is 999. The summed E-state index contributed by atoms with van der Waals surface area (Å²) >= 11 is 0. The fraction of sp³-hybridized carbons (Fsp3) is 0.750. The summed E-state index contributed by atoms with van der Waals surface area (Å²) in [4.78, 5) is 15.4. The summed E-state index contributed by atoms with van der Waals surface area (Å²) in [6.07, 6.45) is 7.08. The molecule has 10 heteroatoms. The minimum atomic E-state index is -3.59. The lowest BCUT2D eigenvalue weighted by atomic mass is 9.90. The van der Waals surface area contributed by atoms with Gasteiger partial charge in [-0.3, -0.25) is 4.79 Å². The smallest absolute Gasteiger partial charge is 0.282 e. The first-order valence-corrected chi connectivity index (χ1v) is 15.9. The molecule has 1 amide bonds. The fourth-order valence-electron chi connectivity index (χ4n) is 6.39. The summed E-state index contributed by atoms with van der Waals surface area (Å²) in [6, 6.07) is 10.8. The molecule has 0 saturated carbocycles. The van der Waals surface area contributed by atoms with Crippen molar-refractivity contribution in [3.8, 4) is 0 Å². The first-order valence-electron chi connectivity index (χ1n) is 14.5. The Hall–Kier alpha value is -1.56. The van der Waals surface area contributed by atoms with Crippen molar-refractivity contribution >= 4 is 16.1 Å². The highest BCUT2D eigenvalue weighted by molar-refractivity contribution is 7.86. The van der Waals surface area contributed by atoms with Crippen molar-refractivity contribution < 1.29 is 22.7 Å². The van der Waals surface area contributed by atoms with Gasteiger partial charge in [-0.2, -0.15) is 17.0 Å². The van der Waals surface area contributed by atoms with Crippen LogP contribution in [0, 0.1) is 11.8 Å². The number of rotatable bonds is 9. The molecule has 1 N–H and O–H groups in total. The van der Waals surface area contributed by atoms with Gasteiger partial charge in [0.15, 0.2) is 5.79 Å². The zero-order valence-electron chi connectivity index (χ0n) is 22.6. The van der Waals surface area contributed by atoms with E-state index in [2.05, 4.69) is 40.5 Å². The number of carbonyl (C=O) groups is 1. The number of ether oxygens (including phenoxy) is 2. The van der Waals surface area contributed by atoms with Gasteiger partial charge in [0.25, 0.3) is 10.2 Å². The topological polar surface area (TPSA) is 91.4 Å². The summed E-state index contributed by atoms with van der Waals surface area (Å²) in [5.74, 6) is -0.148. The number of amides is 1. The van der Waals surface area contributed by atoms with Gasteiger partial charge in [0.1, 0.15) is 0 Å². The zero-order chi connectivity index (χ0) is 26.4. The van der Waals surface area contributed by atoms with Crippen LogP contribution in [0.25, 0.3) is 0 Å². The molecule has 1 aromatic rings. The van der Waals surface area contributed by atoms with Crippen molar-refractivity contribution in [2.24, 2.45) is 11.8 Å². The van der Waals surface area contributed by atoms with E-state index in [1.807, 2.05) is 0 Å². The Kier molecular flexibility index (Phi) is 9.38. The molecule has 5 rings (SSSR count). The van der Waals surface area contributed by atoms with E-state index in [-0.39, 0.29) is 18.4 Å². The highest BCUT2D eigenvalue weighted by Crippen LogP contribution is 2.33. The van der Waals surface area contributed by atoms with Crippen LogP contribution in [0.3, 0.4) is 0 Å². The van der Waals surface area contributed by atoms with E-state index in [0.29, 0.717) is 58.7 Å². The second-order valence-electron chi connectivity index (χ2n) is 11.3. The number of hydrogen-bond donors (Lipinski definition) is 1. The van der Waals surface area contributed by atoms with Gasteiger partial charge in [-0.05, 0) is 69.6 Å². The molecule has 4 saturated heterocycles. The number of carbonyl (C=O) groups excluding carboxylic acids is 1. The molecule has 0 unspecified atom stereocenters. The van der Waals surface area contributed by atoms with Gasteiger partial charge in [-0.25, -0.2) is 0 Å². The van der Waals surface area contributed by atoms with Crippen molar-refractivity contribution in [1.82, 2.24) is 18.8 Å². The van der Waals surface area contributed by atoms with Crippen LogP contribution in [0.4, 0.5) is 0 Å². The van der Waals surface area contributed by atoms with Crippen molar-refractivity contribution in [1.29, 1.82) is 0 Å². The average Bonchev–Trinajstić information content (AvgIpc) is 3.40. The van der Waals surface area contributed by atoms with Crippen LogP contribution in [-0.2, 0) is 30.9 Å². The van der Waals surface area contributed by atoms with Gasteiger partial charge < -0.3 is 19.7 Å². The van der Waals surface area contributed by atoms with Crippen LogP contribution in [0.1, 0.15) is 50.5 Å². The lowest BCUT2D eigenvalue weighted by Crippen LogP contribution is -2.54. The molecule has 4 aliphatic heterocycles. The molecule has 38 heavy (non-hydrogen) atoms. The quantitative estimate of drug-likeness (QED) is 0.476. The highest BCUT2D eigenvalue weighted by Gasteiger charge is 2.44. The average molecular weight is 549 g/mol. The van der Waals surface area contributed by atoms with Crippen LogP contribution in [0.2, 0.25) is 0 Å². The number of piperidine rings is 3. The molecule has 0 bridgehead atoms. The van der Waals surface area contributed by atoms with E-state index >= 15 is 0 Å².